The third-order valence-electron chi connectivity index (χ3n) is 5.01. The van der Waals surface area contributed by atoms with Crippen molar-refractivity contribution in [3.8, 4) is 11.5 Å². The molecule has 1 amide bonds. The summed E-state index contributed by atoms with van der Waals surface area (Å²) in [6, 6.07) is 25.7. The van der Waals surface area contributed by atoms with Gasteiger partial charge in [0.05, 0.1) is 18.0 Å². The highest BCUT2D eigenvalue weighted by Gasteiger charge is 2.33. The van der Waals surface area contributed by atoms with Gasteiger partial charge in [-0.1, -0.05) is 66.7 Å². The Bertz CT molecular complexity index is 1160. The largest absolute Gasteiger partial charge is 0.454 e. The Morgan fingerprint density at radius 1 is 0.903 bits per heavy atom. The van der Waals surface area contributed by atoms with Crippen LogP contribution in [-0.2, 0) is 17.9 Å². The molecular formula is C25H20N2O3S. The van der Waals surface area contributed by atoms with Gasteiger partial charge in [-0.05, 0) is 46.7 Å². The maximum absolute atomic E-state index is 13.3. The summed E-state index contributed by atoms with van der Waals surface area (Å²) in [5, 5.41) is 0.713. The third-order valence-corrected chi connectivity index (χ3v) is 6.05. The monoisotopic (exact) mass is 428 g/mol. The zero-order chi connectivity index (χ0) is 21.0. The Hall–Kier alpha value is -3.51. The van der Waals surface area contributed by atoms with Crippen LogP contribution in [-0.4, -0.2) is 22.8 Å². The molecule has 154 valence electrons. The van der Waals surface area contributed by atoms with Gasteiger partial charge in [-0.25, -0.2) is 0 Å². The number of hydrogen-bond acceptors (Lipinski definition) is 5. The second-order valence-corrected chi connectivity index (χ2v) is 8.19. The lowest BCUT2D eigenvalue weighted by Crippen LogP contribution is -2.28. The van der Waals surface area contributed by atoms with Crippen LogP contribution in [0.5, 0.6) is 11.5 Å². The average Bonchev–Trinajstić information content (AvgIpc) is 3.39. The van der Waals surface area contributed by atoms with Crippen molar-refractivity contribution in [1.82, 2.24) is 4.90 Å². The van der Waals surface area contributed by atoms with E-state index in [-0.39, 0.29) is 12.7 Å². The molecule has 0 unspecified atom stereocenters. The molecule has 1 saturated heterocycles. The van der Waals surface area contributed by atoms with Gasteiger partial charge in [0.2, 0.25) is 6.79 Å². The summed E-state index contributed by atoms with van der Waals surface area (Å²) in [6.07, 6.45) is 1.89. The van der Waals surface area contributed by atoms with E-state index in [0.29, 0.717) is 28.9 Å². The van der Waals surface area contributed by atoms with Crippen LogP contribution in [0.4, 0.5) is 0 Å². The van der Waals surface area contributed by atoms with Crippen LogP contribution in [0.3, 0.4) is 0 Å². The van der Waals surface area contributed by atoms with Gasteiger partial charge in [0.15, 0.2) is 16.7 Å². The predicted molar refractivity (Wildman–Crippen MR) is 123 cm³/mol. The minimum absolute atomic E-state index is 0.0432. The molecule has 3 aromatic carbocycles. The molecule has 0 aromatic heterocycles. The lowest BCUT2D eigenvalue weighted by Gasteiger charge is -2.15. The van der Waals surface area contributed by atoms with Gasteiger partial charge in [-0.3, -0.25) is 14.7 Å². The number of amides is 1. The summed E-state index contributed by atoms with van der Waals surface area (Å²) in [5.41, 5.74) is 3.06. The summed E-state index contributed by atoms with van der Waals surface area (Å²) >= 11 is 1.41. The summed E-state index contributed by atoms with van der Waals surface area (Å²) in [5.74, 6) is 1.38. The highest BCUT2D eigenvalue weighted by molar-refractivity contribution is 8.18. The second-order valence-electron chi connectivity index (χ2n) is 7.18. The summed E-state index contributed by atoms with van der Waals surface area (Å²) in [4.78, 5) is 20.4. The first-order valence-electron chi connectivity index (χ1n) is 10.00. The number of carbonyl (C=O) groups excluding carboxylic acids is 1. The third kappa shape index (κ3) is 4.34. The molecule has 0 saturated carbocycles. The van der Waals surface area contributed by atoms with Crippen molar-refractivity contribution in [3.63, 3.8) is 0 Å². The number of thioether (sulfide) groups is 1. The molecule has 3 aromatic rings. The number of aliphatic imine (C=N–C) groups is 1. The highest BCUT2D eigenvalue weighted by atomic mass is 32.2. The van der Waals surface area contributed by atoms with Crippen LogP contribution in [0.15, 0.2) is 88.8 Å². The summed E-state index contributed by atoms with van der Waals surface area (Å²) in [7, 11) is 0. The quantitative estimate of drug-likeness (QED) is 0.532. The molecule has 1 fully saturated rings. The van der Waals surface area contributed by atoms with Gasteiger partial charge in [0.1, 0.15) is 0 Å². The number of ether oxygens (including phenoxy) is 2. The van der Waals surface area contributed by atoms with E-state index < -0.39 is 0 Å². The summed E-state index contributed by atoms with van der Waals surface area (Å²) < 4.78 is 10.8. The van der Waals surface area contributed by atoms with Crippen molar-refractivity contribution >= 4 is 28.9 Å². The molecule has 0 atom stereocenters. The maximum atomic E-state index is 13.3. The molecule has 0 N–H and O–H groups in total. The maximum Gasteiger partial charge on any atom is 0.267 e. The Balaban J connectivity index is 1.44. The molecule has 2 heterocycles. The fourth-order valence-corrected chi connectivity index (χ4v) is 4.40. The molecule has 31 heavy (non-hydrogen) atoms. The number of fused-ring (bicyclic) bond motifs is 1. The van der Waals surface area contributed by atoms with Gasteiger partial charge in [-0.2, -0.15) is 0 Å². The molecule has 0 radical (unpaired) electrons. The van der Waals surface area contributed by atoms with Gasteiger partial charge in [0.25, 0.3) is 5.91 Å². The van der Waals surface area contributed by atoms with E-state index in [9.17, 15) is 4.79 Å². The minimum Gasteiger partial charge on any atom is -0.454 e. The van der Waals surface area contributed by atoms with E-state index in [0.717, 1.165) is 22.4 Å². The van der Waals surface area contributed by atoms with Crippen molar-refractivity contribution in [3.05, 3.63) is 100 Å². The van der Waals surface area contributed by atoms with E-state index in [2.05, 4.69) is 0 Å². The second kappa shape index (κ2) is 8.70. The molecule has 2 aliphatic rings. The minimum atomic E-state index is -0.0432. The number of carbonyl (C=O) groups is 1. The first-order chi connectivity index (χ1) is 15.3. The fourth-order valence-electron chi connectivity index (χ4n) is 3.43. The van der Waals surface area contributed by atoms with E-state index in [4.69, 9.17) is 14.5 Å². The van der Waals surface area contributed by atoms with Crippen LogP contribution >= 0.6 is 11.8 Å². The standard InChI is InChI=1S/C25H20N2O3S/c28-24-23(14-20-11-12-21-22(13-20)30-17-29-21)31-25(26-15-18-7-3-1-4-8-18)27(24)16-19-9-5-2-6-10-19/h1-14H,15-17H2/b23-14-,26-25?. The van der Waals surface area contributed by atoms with Crippen molar-refractivity contribution in [2.45, 2.75) is 13.1 Å². The predicted octanol–water partition coefficient (Wildman–Crippen LogP) is 5.09. The van der Waals surface area contributed by atoms with E-state index in [1.807, 2.05) is 84.9 Å². The Morgan fingerprint density at radius 2 is 1.61 bits per heavy atom. The van der Waals surface area contributed by atoms with Crippen LogP contribution in [0.1, 0.15) is 16.7 Å². The Kier molecular flexibility index (Phi) is 5.46. The van der Waals surface area contributed by atoms with Crippen LogP contribution in [0.2, 0.25) is 0 Å². The number of nitrogens with zero attached hydrogens (tertiary/aromatic N) is 2. The normalized spacial score (nSPS) is 17.7. The van der Waals surface area contributed by atoms with Crippen LogP contribution in [0, 0.1) is 0 Å². The SMILES string of the molecule is O=C1/C(=C/c2ccc3c(c2)OCO3)SC(=NCc2ccccc2)N1Cc1ccccc1. The number of rotatable bonds is 5. The highest BCUT2D eigenvalue weighted by Crippen LogP contribution is 2.37. The first kappa shape index (κ1) is 19.5. The number of benzene rings is 3. The smallest absolute Gasteiger partial charge is 0.267 e. The van der Waals surface area contributed by atoms with Gasteiger partial charge in [0, 0.05) is 0 Å². The van der Waals surface area contributed by atoms with Crippen molar-refractivity contribution in [2.24, 2.45) is 4.99 Å². The van der Waals surface area contributed by atoms with Crippen molar-refractivity contribution in [1.29, 1.82) is 0 Å². The lowest BCUT2D eigenvalue weighted by molar-refractivity contribution is -0.122. The fraction of sp³-hybridized carbons (Fsp3) is 0.120. The number of hydrogen-bond donors (Lipinski definition) is 0. The van der Waals surface area contributed by atoms with E-state index in [1.165, 1.54) is 11.8 Å². The van der Waals surface area contributed by atoms with Crippen molar-refractivity contribution in [2.75, 3.05) is 6.79 Å². The van der Waals surface area contributed by atoms with E-state index in [1.54, 1.807) is 4.90 Å². The molecule has 0 bridgehead atoms. The van der Waals surface area contributed by atoms with Gasteiger partial charge in [-0.15, -0.1) is 0 Å². The molecular weight excluding hydrogens is 408 g/mol. The van der Waals surface area contributed by atoms with Crippen LogP contribution in [0.25, 0.3) is 6.08 Å². The lowest BCUT2D eigenvalue weighted by atomic mass is 10.2. The van der Waals surface area contributed by atoms with E-state index >= 15 is 0 Å². The zero-order valence-electron chi connectivity index (χ0n) is 16.7. The first-order valence-corrected chi connectivity index (χ1v) is 10.8. The number of amidine groups is 1. The Morgan fingerprint density at radius 3 is 2.39 bits per heavy atom. The molecule has 0 aliphatic carbocycles. The zero-order valence-corrected chi connectivity index (χ0v) is 17.5. The molecule has 0 spiro atoms. The van der Waals surface area contributed by atoms with Gasteiger partial charge >= 0.3 is 0 Å². The van der Waals surface area contributed by atoms with Crippen molar-refractivity contribution < 1.29 is 14.3 Å². The summed E-state index contributed by atoms with van der Waals surface area (Å²) in [6.45, 7) is 1.24. The topological polar surface area (TPSA) is 51.1 Å². The van der Waals surface area contributed by atoms with Gasteiger partial charge < -0.3 is 9.47 Å². The molecule has 5 nitrogen and oxygen atoms in total. The average molecular weight is 429 g/mol. The van der Waals surface area contributed by atoms with Crippen LogP contribution < -0.4 is 9.47 Å². The molecule has 6 heteroatoms. The molecule has 2 aliphatic heterocycles. The molecule has 5 rings (SSSR count). The Labute approximate surface area is 185 Å².